The molecule has 268 valence electrons. The summed E-state index contributed by atoms with van der Waals surface area (Å²) >= 11 is 5.87. The predicted octanol–water partition coefficient (Wildman–Crippen LogP) is 8.30. The number of nitrogens with one attached hydrogen (secondary N) is 2. The molecule has 0 bridgehead atoms. The summed E-state index contributed by atoms with van der Waals surface area (Å²) < 4.78 is 14.8. The van der Waals surface area contributed by atoms with Crippen LogP contribution in [0.5, 0.6) is 5.75 Å². The van der Waals surface area contributed by atoms with Crippen molar-refractivity contribution in [3.63, 3.8) is 0 Å². The Bertz CT molecular complexity index is 1630. The number of hydrogen-bond donors (Lipinski definition) is 2. The molecule has 2 N–H and O–H groups in total. The number of oxime groups is 1. The first-order valence-corrected chi connectivity index (χ1v) is 16.5. The summed E-state index contributed by atoms with van der Waals surface area (Å²) in [5, 5.41) is 10.4. The van der Waals surface area contributed by atoms with Gasteiger partial charge in [0.05, 0.1) is 38.3 Å². The summed E-state index contributed by atoms with van der Waals surface area (Å²) in [5.74, 6) is -0.379. The average Bonchev–Trinajstić information content (AvgIpc) is 3.08. The van der Waals surface area contributed by atoms with Crippen LogP contribution in [0.3, 0.4) is 0 Å². The molecule has 3 aromatic rings. The number of amides is 2. The van der Waals surface area contributed by atoms with E-state index < -0.39 is 18.1 Å². The van der Waals surface area contributed by atoms with Gasteiger partial charge in [-0.15, -0.1) is 0 Å². The molecule has 0 aliphatic carbocycles. The Kier molecular flexibility index (Phi) is 17.3. The van der Waals surface area contributed by atoms with Crippen molar-refractivity contribution in [2.75, 3.05) is 14.2 Å². The number of ether oxygens (including phenoxy) is 3. The molecule has 0 aliphatic rings. The lowest BCUT2D eigenvalue weighted by atomic mass is 10.0. The van der Waals surface area contributed by atoms with Gasteiger partial charge >= 0.3 is 12.1 Å². The number of nitrogens with zero attached hydrogens (tertiary/aromatic N) is 1. The molecule has 1 unspecified atom stereocenters. The van der Waals surface area contributed by atoms with Crippen molar-refractivity contribution < 1.29 is 33.4 Å². The van der Waals surface area contributed by atoms with Crippen LogP contribution in [0, 0.1) is 12.8 Å². The van der Waals surface area contributed by atoms with Crippen molar-refractivity contribution >= 4 is 46.9 Å². The lowest BCUT2D eigenvalue weighted by Crippen LogP contribution is -2.50. The zero-order valence-electron chi connectivity index (χ0n) is 30.2. The third kappa shape index (κ3) is 14.2. The maximum absolute atomic E-state index is 12.5. The van der Waals surface area contributed by atoms with E-state index in [9.17, 15) is 14.4 Å². The molecule has 0 saturated heterocycles. The quantitative estimate of drug-likeness (QED) is 0.0603. The standard InChI is InChI=1S/C21H20ClNO4.C18H28N2O3/c1-15(8-9-16-10-12-17(22)13-11-16)23-27-20-7-5-4-6-18(20)19(14-25-2)21(24)26-3;1-11(2)16(20-18(22)23-12(3)4)17(21)19-14(6)15-9-7-13(5)8-10-15/h4-14H,1-3H3;7-12,14,16H,1-6H3,(H,19,21)(H,20,22)/b9-8+,19-14+,23-15+;/t;14?,16-/m.0/s1. The molecule has 2 atom stereocenters. The van der Waals surface area contributed by atoms with Crippen molar-refractivity contribution in [2.24, 2.45) is 11.1 Å². The first-order chi connectivity index (χ1) is 23.7. The molecule has 0 aliphatic heterocycles. The number of halogens is 1. The number of benzene rings is 3. The van der Waals surface area contributed by atoms with Gasteiger partial charge in [-0.05, 0) is 75.9 Å². The molecule has 3 rings (SSSR count). The fourth-order valence-corrected chi connectivity index (χ4v) is 4.44. The van der Waals surface area contributed by atoms with Gasteiger partial charge in [0.25, 0.3) is 0 Å². The van der Waals surface area contributed by atoms with Gasteiger partial charge in [0.1, 0.15) is 11.6 Å². The highest BCUT2D eigenvalue weighted by atomic mass is 35.5. The number of rotatable bonds is 13. The van der Waals surface area contributed by atoms with Crippen LogP contribution >= 0.6 is 11.6 Å². The summed E-state index contributed by atoms with van der Waals surface area (Å²) in [6, 6.07) is 21.7. The molecule has 2 amide bonds. The zero-order valence-corrected chi connectivity index (χ0v) is 30.9. The first-order valence-electron chi connectivity index (χ1n) is 16.2. The highest BCUT2D eigenvalue weighted by molar-refractivity contribution is 6.30. The Labute approximate surface area is 300 Å². The molecule has 11 heteroatoms. The Hall–Kier alpha value is -5.09. The second-order valence-corrected chi connectivity index (χ2v) is 12.4. The Morgan fingerprint density at radius 2 is 1.50 bits per heavy atom. The fourth-order valence-electron chi connectivity index (χ4n) is 4.31. The van der Waals surface area contributed by atoms with Crippen molar-refractivity contribution in [3.8, 4) is 5.75 Å². The minimum Gasteiger partial charge on any atom is -0.503 e. The molecular formula is C39H48ClN3O7. The molecule has 0 heterocycles. The molecule has 3 aromatic carbocycles. The van der Waals surface area contributed by atoms with Crippen molar-refractivity contribution in [1.29, 1.82) is 0 Å². The highest BCUT2D eigenvalue weighted by Gasteiger charge is 2.26. The Balaban J connectivity index is 0.000000352. The second-order valence-electron chi connectivity index (χ2n) is 11.9. The van der Waals surface area contributed by atoms with Gasteiger partial charge in [-0.1, -0.05) is 96.8 Å². The van der Waals surface area contributed by atoms with E-state index in [0.717, 1.165) is 11.1 Å². The number of para-hydroxylation sites is 1. The van der Waals surface area contributed by atoms with Crippen LogP contribution < -0.4 is 15.5 Å². The van der Waals surface area contributed by atoms with Crippen molar-refractivity contribution in [3.05, 3.63) is 112 Å². The lowest BCUT2D eigenvalue weighted by molar-refractivity contribution is -0.133. The molecule has 0 spiro atoms. The molecule has 0 saturated carbocycles. The summed E-state index contributed by atoms with van der Waals surface area (Å²) in [6.45, 7) is 13.1. The molecule has 0 aromatic heterocycles. The highest BCUT2D eigenvalue weighted by Crippen LogP contribution is 2.27. The molecule has 10 nitrogen and oxygen atoms in total. The van der Waals surface area contributed by atoms with Gasteiger partial charge < -0.3 is 29.7 Å². The first kappa shape index (κ1) is 41.1. The van der Waals surface area contributed by atoms with Crippen LogP contribution in [-0.4, -0.2) is 50.0 Å². The molecule has 0 radical (unpaired) electrons. The maximum atomic E-state index is 12.5. The zero-order chi connectivity index (χ0) is 37.2. The van der Waals surface area contributed by atoms with Crippen LogP contribution in [0.25, 0.3) is 11.6 Å². The minimum atomic E-state index is -0.630. The minimum absolute atomic E-state index is 0.0417. The third-order valence-corrected chi connectivity index (χ3v) is 7.25. The summed E-state index contributed by atoms with van der Waals surface area (Å²) in [7, 11) is 2.76. The number of esters is 1. The number of aryl methyl sites for hydroxylation is 1. The Morgan fingerprint density at radius 3 is 2.08 bits per heavy atom. The SMILES string of the molecule is CO/C=C(/C(=O)OC)c1ccccc1O/N=C(C)/C=C/c1ccc(Cl)cc1.Cc1ccc(C(C)NC(=O)[C@@H](NC(=O)OC(C)C)C(C)C)cc1. The van der Waals surface area contributed by atoms with Crippen molar-refractivity contribution in [1.82, 2.24) is 10.6 Å². The molecule has 0 fully saturated rings. The van der Waals surface area contributed by atoms with Gasteiger partial charge in [-0.2, -0.15) is 0 Å². The van der Waals surface area contributed by atoms with Gasteiger partial charge in [0.15, 0.2) is 5.75 Å². The number of alkyl carbamates (subject to hydrolysis) is 1. The van der Waals surface area contributed by atoms with Crippen LogP contribution in [0.4, 0.5) is 4.79 Å². The van der Waals surface area contributed by atoms with Crippen LogP contribution in [0.2, 0.25) is 5.02 Å². The van der Waals surface area contributed by atoms with E-state index in [1.165, 1.54) is 26.0 Å². The van der Waals surface area contributed by atoms with E-state index in [1.807, 2.05) is 88.4 Å². The second kappa shape index (κ2) is 21.1. The smallest absolute Gasteiger partial charge is 0.408 e. The van der Waals surface area contributed by atoms with Crippen LogP contribution in [0.15, 0.2) is 90.3 Å². The van der Waals surface area contributed by atoms with Gasteiger partial charge in [0.2, 0.25) is 5.91 Å². The van der Waals surface area contributed by atoms with Gasteiger partial charge in [-0.3, -0.25) is 4.79 Å². The number of hydrogen-bond acceptors (Lipinski definition) is 8. The van der Waals surface area contributed by atoms with Crippen LogP contribution in [-0.2, 0) is 23.8 Å². The summed E-state index contributed by atoms with van der Waals surface area (Å²) in [4.78, 5) is 41.8. The Morgan fingerprint density at radius 1 is 0.860 bits per heavy atom. The number of carbonyl (C=O) groups excluding carboxylic acids is 3. The number of allylic oxidation sites excluding steroid dienone is 1. The largest absolute Gasteiger partial charge is 0.503 e. The topological polar surface area (TPSA) is 125 Å². The van der Waals surface area contributed by atoms with E-state index in [4.69, 9.17) is 30.6 Å². The lowest BCUT2D eigenvalue weighted by Gasteiger charge is -2.24. The van der Waals surface area contributed by atoms with Gasteiger partial charge in [0, 0.05) is 10.6 Å². The summed E-state index contributed by atoms with van der Waals surface area (Å²) in [5.41, 5.74) is 4.59. The van der Waals surface area contributed by atoms with E-state index >= 15 is 0 Å². The van der Waals surface area contributed by atoms with Crippen molar-refractivity contribution in [2.45, 2.75) is 66.7 Å². The maximum Gasteiger partial charge on any atom is 0.408 e. The number of methoxy groups -OCH3 is 2. The van der Waals surface area contributed by atoms with E-state index in [0.29, 0.717) is 22.0 Å². The monoisotopic (exact) mass is 705 g/mol. The summed E-state index contributed by atoms with van der Waals surface area (Å²) in [6.07, 6.45) is 4.23. The van der Waals surface area contributed by atoms with Crippen LogP contribution in [0.1, 0.15) is 69.8 Å². The molecular weight excluding hydrogens is 658 g/mol. The predicted molar refractivity (Wildman–Crippen MR) is 199 cm³/mol. The molecule has 50 heavy (non-hydrogen) atoms. The van der Waals surface area contributed by atoms with E-state index in [-0.39, 0.29) is 29.5 Å². The third-order valence-electron chi connectivity index (χ3n) is 6.99. The number of carbonyl (C=O) groups is 3. The van der Waals surface area contributed by atoms with E-state index in [2.05, 4.69) is 15.8 Å². The fraction of sp³-hybridized carbons (Fsp3) is 0.333. The van der Waals surface area contributed by atoms with E-state index in [1.54, 1.807) is 45.0 Å². The normalized spacial score (nSPS) is 12.8. The average molecular weight is 706 g/mol. The van der Waals surface area contributed by atoms with Gasteiger partial charge in [-0.25, -0.2) is 9.59 Å².